The molecule has 164 valence electrons. The summed E-state index contributed by atoms with van der Waals surface area (Å²) in [6.45, 7) is 0.904. The Morgan fingerprint density at radius 3 is 2.55 bits per heavy atom. The number of halogens is 3. The van der Waals surface area contributed by atoms with Gasteiger partial charge in [0.05, 0.1) is 11.9 Å². The number of hydrogen-bond donors (Lipinski definition) is 1. The lowest BCUT2D eigenvalue weighted by atomic mass is 10.1. The van der Waals surface area contributed by atoms with Gasteiger partial charge in [-0.05, 0) is 36.4 Å². The molecule has 31 heavy (non-hydrogen) atoms. The third kappa shape index (κ3) is 4.49. The smallest absolute Gasteiger partial charge is 0.292 e. The van der Waals surface area contributed by atoms with Gasteiger partial charge < -0.3 is 4.90 Å². The molecule has 0 amide bonds. The molecule has 0 bridgehead atoms. The highest BCUT2D eigenvalue weighted by atomic mass is 35.5. The fourth-order valence-electron chi connectivity index (χ4n) is 3.40. The zero-order chi connectivity index (χ0) is 22.2. The first-order valence-electron chi connectivity index (χ1n) is 9.30. The van der Waals surface area contributed by atoms with Crippen LogP contribution in [0.2, 0.25) is 5.02 Å². The maximum Gasteiger partial charge on any atom is 0.292 e. The van der Waals surface area contributed by atoms with Gasteiger partial charge in [-0.15, -0.1) is 11.3 Å². The molecule has 3 heterocycles. The van der Waals surface area contributed by atoms with E-state index in [1.807, 2.05) is 4.90 Å². The van der Waals surface area contributed by atoms with E-state index in [1.165, 1.54) is 6.20 Å². The molecule has 1 N–H and O–H groups in total. The van der Waals surface area contributed by atoms with Crippen LogP contribution in [0.4, 0.5) is 14.5 Å². The Morgan fingerprint density at radius 1 is 1.16 bits per heavy atom. The number of nitrogens with zero attached hydrogens (tertiary/aromatic N) is 3. The molecule has 0 saturated carbocycles. The monoisotopic (exact) mass is 486 g/mol. The molecule has 1 aliphatic heterocycles. The maximum absolute atomic E-state index is 14.0. The average molecular weight is 487 g/mol. The van der Waals surface area contributed by atoms with E-state index >= 15 is 0 Å². The van der Waals surface area contributed by atoms with E-state index in [0.29, 0.717) is 37.7 Å². The minimum atomic E-state index is -3.56. The largest absolute Gasteiger partial charge is 0.369 e. The van der Waals surface area contributed by atoms with Crippen LogP contribution < -0.4 is 15.2 Å². The van der Waals surface area contributed by atoms with Crippen LogP contribution in [-0.2, 0) is 10.0 Å². The van der Waals surface area contributed by atoms with Gasteiger partial charge in [-0.25, -0.2) is 21.9 Å². The lowest BCUT2D eigenvalue weighted by Crippen LogP contribution is -2.45. The number of thiophene rings is 1. The molecule has 2 aromatic heterocycles. The van der Waals surface area contributed by atoms with Crippen molar-refractivity contribution in [2.75, 3.05) is 18.0 Å². The van der Waals surface area contributed by atoms with E-state index in [2.05, 4.69) is 9.82 Å². The first kappa shape index (κ1) is 21.9. The van der Waals surface area contributed by atoms with Gasteiger partial charge >= 0.3 is 0 Å². The second-order valence-electron chi connectivity index (χ2n) is 6.97. The van der Waals surface area contributed by atoms with Crippen molar-refractivity contribution >= 4 is 38.6 Å². The number of hydrogen-bond acceptors (Lipinski definition) is 6. The number of nitrogens with one attached hydrogen (secondary N) is 1. The Bertz CT molecular complexity index is 1260. The van der Waals surface area contributed by atoms with Crippen molar-refractivity contribution in [1.29, 1.82) is 0 Å². The van der Waals surface area contributed by atoms with Crippen molar-refractivity contribution in [1.82, 2.24) is 14.5 Å². The van der Waals surface area contributed by atoms with E-state index in [0.717, 1.165) is 28.2 Å². The van der Waals surface area contributed by atoms with Gasteiger partial charge in [0.15, 0.2) is 5.82 Å². The van der Waals surface area contributed by atoms with E-state index in [1.54, 1.807) is 17.5 Å². The van der Waals surface area contributed by atoms with Crippen LogP contribution in [0.25, 0.3) is 5.69 Å². The van der Waals surface area contributed by atoms with Crippen molar-refractivity contribution in [3.63, 3.8) is 0 Å². The highest BCUT2D eigenvalue weighted by molar-refractivity contribution is 7.91. The van der Waals surface area contributed by atoms with Gasteiger partial charge in [-0.3, -0.25) is 4.79 Å². The minimum absolute atomic E-state index is 0.142. The van der Waals surface area contributed by atoms with Crippen LogP contribution in [0.1, 0.15) is 12.8 Å². The molecule has 1 aromatic carbocycles. The number of sulfonamides is 1. The van der Waals surface area contributed by atoms with Crippen LogP contribution in [0.5, 0.6) is 0 Å². The number of benzene rings is 1. The SMILES string of the molecule is O=c1c(Cl)c(N2CCC(NS(=O)(=O)c3cccs3)CC2)cnn1-c1ccc(F)cc1F. The molecule has 0 atom stereocenters. The van der Waals surface area contributed by atoms with Crippen LogP contribution in [0.15, 0.2) is 50.9 Å². The fraction of sp³-hybridized carbons (Fsp3) is 0.263. The Hall–Kier alpha value is -2.34. The molecule has 12 heteroatoms. The summed E-state index contributed by atoms with van der Waals surface area (Å²) in [5, 5.41) is 5.55. The van der Waals surface area contributed by atoms with Gasteiger partial charge in [-0.2, -0.15) is 9.78 Å². The molecule has 1 fully saturated rings. The van der Waals surface area contributed by atoms with E-state index in [4.69, 9.17) is 11.6 Å². The van der Waals surface area contributed by atoms with Crippen LogP contribution in [-0.4, -0.2) is 37.3 Å². The normalized spacial score (nSPS) is 15.4. The molecule has 1 aliphatic rings. The number of piperidine rings is 1. The lowest BCUT2D eigenvalue weighted by molar-refractivity contribution is 0.460. The molecule has 7 nitrogen and oxygen atoms in total. The molecule has 0 radical (unpaired) electrons. The fourth-order valence-corrected chi connectivity index (χ4v) is 5.96. The highest BCUT2D eigenvalue weighted by Crippen LogP contribution is 2.26. The van der Waals surface area contributed by atoms with Crippen molar-refractivity contribution in [2.45, 2.75) is 23.1 Å². The first-order valence-corrected chi connectivity index (χ1v) is 12.0. The topological polar surface area (TPSA) is 84.3 Å². The number of aromatic nitrogens is 2. The quantitative estimate of drug-likeness (QED) is 0.599. The average Bonchev–Trinajstić information content (AvgIpc) is 3.27. The van der Waals surface area contributed by atoms with Crippen molar-refractivity contribution in [3.05, 3.63) is 68.9 Å². The molecule has 0 unspecified atom stereocenters. The molecule has 3 aromatic rings. The van der Waals surface area contributed by atoms with Gasteiger partial charge in [-0.1, -0.05) is 17.7 Å². The molecular formula is C19H17ClF2N4O3S2. The molecule has 0 spiro atoms. The Morgan fingerprint density at radius 2 is 1.90 bits per heavy atom. The zero-order valence-corrected chi connectivity index (χ0v) is 18.4. The van der Waals surface area contributed by atoms with Crippen LogP contribution >= 0.6 is 22.9 Å². The predicted octanol–water partition coefficient (Wildman–Crippen LogP) is 3.17. The summed E-state index contributed by atoms with van der Waals surface area (Å²) < 4.78 is 55.7. The molecule has 4 rings (SSSR count). The standard InChI is InChI=1S/C19H17ClF2N4O3S2/c20-18-16(11-23-26(19(18)27)15-4-3-12(21)10-14(15)22)25-7-5-13(6-8-25)24-31(28,29)17-2-1-9-30-17/h1-4,9-11,13,24H,5-8H2. The first-order chi connectivity index (χ1) is 14.8. The van der Waals surface area contributed by atoms with Crippen molar-refractivity contribution in [2.24, 2.45) is 0 Å². The molecule has 1 saturated heterocycles. The molecule has 0 aliphatic carbocycles. The van der Waals surface area contributed by atoms with E-state index in [-0.39, 0.29) is 21.0 Å². The Kier molecular flexibility index (Phi) is 6.11. The predicted molar refractivity (Wildman–Crippen MR) is 115 cm³/mol. The Balaban J connectivity index is 1.49. The lowest BCUT2D eigenvalue weighted by Gasteiger charge is -2.33. The van der Waals surface area contributed by atoms with Gasteiger partial charge in [0.25, 0.3) is 5.56 Å². The van der Waals surface area contributed by atoms with E-state index < -0.39 is 27.2 Å². The maximum atomic E-state index is 14.0. The summed E-state index contributed by atoms with van der Waals surface area (Å²) in [7, 11) is -3.56. The third-order valence-electron chi connectivity index (χ3n) is 4.96. The summed E-state index contributed by atoms with van der Waals surface area (Å²) in [6.07, 6.45) is 2.37. The van der Waals surface area contributed by atoms with Gasteiger partial charge in [0, 0.05) is 25.2 Å². The summed E-state index contributed by atoms with van der Waals surface area (Å²) in [5.41, 5.74) is -0.559. The van der Waals surface area contributed by atoms with Crippen LogP contribution in [0, 0.1) is 11.6 Å². The van der Waals surface area contributed by atoms with Gasteiger partial charge in [0.2, 0.25) is 10.0 Å². The zero-order valence-electron chi connectivity index (χ0n) is 16.0. The summed E-state index contributed by atoms with van der Waals surface area (Å²) >= 11 is 7.40. The number of rotatable bonds is 5. The molecular weight excluding hydrogens is 470 g/mol. The van der Waals surface area contributed by atoms with Gasteiger partial charge in [0.1, 0.15) is 20.7 Å². The summed E-state index contributed by atoms with van der Waals surface area (Å²) in [6, 6.07) is 5.77. The van der Waals surface area contributed by atoms with Crippen molar-refractivity contribution in [3.8, 4) is 5.69 Å². The second kappa shape index (κ2) is 8.65. The summed E-state index contributed by atoms with van der Waals surface area (Å²) in [4.78, 5) is 14.5. The highest BCUT2D eigenvalue weighted by Gasteiger charge is 2.27. The third-order valence-corrected chi connectivity index (χ3v) is 8.23. The van der Waals surface area contributed by atoms with Crippen LogP contribution in [0.3, 0.4) is 0 Å². The minimum Gasteiger partial charge on any atom is -0.369 e. The second-order valence-corrected chi connectivity index (χ2v) is 10.2. The van der Waals surface area contributed by atoms with E-state index in [9.17, 15) is 22.0 Å². The number of anilines is 1. The Labute approximate surface area is 185 Å². The summed E-state index contributed by atoms with van der Waals surface area (Å²) in [5.74, 6) is -1.70. The van der Waals surface area contributed by atoms with Crippen molar-refractivity contribution < 1.29 is 17.2 Å².